The van der Waals surface area contributed by atoms with Crippen molar-refractivity contribution in [1.82, 2.24) is 9.88 Å². The van der Waals surface area contributed by atoms with Gasteiger partial charge in [-0.05, 0) is 24.3 Å². The number of hydrogen-bond donors (Lipinski definition) is 0. The van der Waals surface area contributed by atoms with Crippen molar-refractivity contribution < 1.29 is 13.9 Å². The molecule has 1 unspecified atom stereocenters. The minimum Gasteiger partial charge on any atom is -0.472 e. The fraction of sp³-hybridized carbons (Fsp3) is 0.235. The van der Waals surface area contributed by atoms with Crippen LogP contribution in [0.25, 0.3) is 6.08 Å². The molecule has 1 atom stereocenters. The first-order valence-corrected chi connectivity index (χ1v) is 7.28. The molecule has 0 radical (unpaired) electrons. The van der Waals surface area contributed by atoms with Crippen molar-refractivity contribution in [3.8, 4) is 11.9 Å². The Hall–Kier alpha value is -3.07. The molecule has 2 aromatic rings. The Morgan fingerprint density at radius 3 is 3.09 bits per heavy atom. The average Bonchev–Trinajstić information content (AvgIpc) is 3.25. The molecule has 1 aliphatic heterocycles. The van der Waals surface area contributed by atoms with Gasteiger partial charge >= 0.3 is 0 Å². The molecule has 23 heavy (non-hydrogen) atoms. The summed E-state index contributed by atoms with van der Waals surface area (Å²) in [5.74, 6) is 1.04. The molecule has 6 heteroatoms. The van der Waals surface area contributed by atoms with Gasteiger partial charge in [0.1, 0.15) is 17.9 Å². The SMILES string of the molecule is N#Cc1ccc(OC2CCN(C(=O)/C=C/c3ccco3)C2)nc1. The number of carbonyl (C=O) groups is 1. The van der Waals surface area contributed by atoms with Gasteiger partial charge in [0.05, 0.1) is 18.4 Å². The number of furan rings is 1. The minimum atomic E-state index is -0.0867. The lowest BCUT2D eigenvalue weighted by Crippen LogP contribution is -2.29. The Balaban J connectivity index is 1.53. The first-order valence-electron chi connectivity index (χ1n) is 7.28. The van der Waals surface area contributed by atoms with Crippen LogP contribution < -0.4 is 4.74 Å². The molecule has 1 aliphatic rings. The van der Waals surface area contributed by atoms with Crippen LogP contribution in [0.4, 0.5) is 0 Å². The van der Waals surface area contributed by atoms with Crippen LogP contribution in [0, 0.1) is 11.3 Å². The summed E-state index contributed by atoms with van der Waals surface area (Å²) in [6, 6.07) is 8.89. The quantitative estimate of drug-likeness (QED) is 0.809. The van der Waals surface area contributed by atoms with Crippen LogP contribution in [-0.4, -0.2) is 35.0 Å². The highest BCUT2D eigenvalue weighted by Gasteiger charge is 2.26. The molecule has 0 aromatic carbocycles. The molecular weight excluding hydrogens is 294 g/mol. The van der Waals surface area contributed by atoms with Gasteiger partial charge in [0.2, 0.25) is 11.8 Å². The second kappa shape index (κ2) is 6.79. The van der Waals surface area contributed by atoms with E-state index in [-0.39, 0.29) is 12.0 Å². The summed E-state index contributed by atoms with van der Waals surface area (Å²) in [5.41, 5.74) is 0.489. The van der Waals surface area contributed by atoms with Crippen LogP contribution in [0.2, 0.25) is 0 Å². The van der Waals surface area contributed by atoms with E-state index in [0.717, 1.165) is 6.42 Å². The third kappa shape index (κ3) is 3.77. The summed E-state index contributed by atoms with van der Waals surface area (Å²) in [7, 11) is 0. The molecule has 1 fully saturated rings. The molecule has 0 N–H and O–H groups in total. The van der Waals surface area contributed by atoms with Crippen molar-refractivity contribution in [1.29, 1.82) is 5.26 Å². The Labute approximate surface area is 133 Å². The van der Waals surface area contributed by atoms with Gasteiger partial charge in [-0.15, -0.1) is 0 Å². The van der Waals surface area contributed by atoms with Crippen molar-refractivity contribution in [2.75, 3.05) is 13.1 Å². The molecule has 2 aromatic heterocycles. The van der Waals surface area contributed by atoms with Gasteiger partial charge in [-0.1, -0.05) is 0 Å². The number of aromatic nitrogens is 1. The molecule has 6 nitrogen and oxygen atoms in total. The Bertz CT molecular complexity index is 729. The number of amides is 1. The van der Waals surface area contributed by atoms with Crippen LogP contribution in [-0.2, 0) is 4.79 Å². The molecule has 116 valence electrons. The summed E-state index contributed by atoms with van der Waals surface area (Å²) in [5, 5.41) is 8.74. The van der Waals surface area contributed by atoms with Crippen molar-refractivity contribution in [3.63, 3.8) is 0 Å². The van der Waals surface area contributed by atoms with Crippen LogP contribution in [0.5, 0.6) is 5.88 Å². The third-order valence-corrected chi connectivity index (χ3v) is 3.54. The topological polar surface area (TPSA) is 79.4 Å². The molecule has 1 saturated heterocycles. The summed E-state index contributed by atoms with van der Waals surface area (Å²) >= 11 is 0. The van der Waals surface area contributed by atoms with Gasteiger partial charge in [0.25, 0.3) is 0 Å². The summed E-state index contributed by atoms with van der Waals surface area (Å²) in [6.07, 6.45) is 6.85. The Morgan fingerprint density at radius 1 is 1.48 bits per heavy atom. The van der Waals surface area contributed by atoms with Gasteiger partial charge in [0, 0.05) is 31.3 Å². The van der Waals surface area contributed by atoms with Crippen molar-refractivity contribution >= 4 is 12.0 Å². The second-order valence-electron chi connectivity index (χ2n) is 5.16. The maximum absolute atomic E-state index is 12.1. The van der Waals surface area contributed by atoms with E-state index in [0.29, 0.717) is 30.3 Å². The third-order valence-electron chi connectivity index (χ3n) is 3.54. The zero-order valence-corrected chi connectivity index (χ0v) is 12.4. The number of nitriles is 1. The van der Waals surface area contributed by atoms with E-state index in [1.165, 1.54) is 12.3 Å². The summed E-state index contributed by atoms with van der Waals surface area (Å²) < 4.78 is 10.9. The lowest BCUT2D eigenvalue weighted by molar-refractivity contribution is -0.125. The maximum atomic E-state index is 12.1. The van der Waals surface area contributed by atoms with E-state index < -0.39 is 0 Å². The van der Waals surface area contributed by atoms with Crippen molar-refractivity contribution in [2.45, 2.75) is 12.5 Å². The highest BCUT2D eigenvalue weighted by Crippen LogP contribution is 2.17. The normalized spacial score (nSPS) is 17.3. The Kier molecular flexibility index (Phi) is 4.39. The minimum absolute atomic E-state index is 0.0692. The predicted octanol–water partition coefficient (Wildman–Crippen LogP) is 2.24. The van der Waals surface area contributed by atoms with E-state index in [4.69, 9.17) is 14.4 Å². The smallest absolute Gasteiger partial charge is 0.246 e. The van der Waals surface area contributed by atoms with Gasteiger partial charge in [-0.3, -0.25) is 4.79 Å². The lowest BCUT2D eigenvalue weighted by atomic mass is 10.3. The monoisotopic (exact) mass is 309 g/mol. The molecule has 0 saturated carbocycles. The molecule has 0 bridgehead atoms. The number of nitrogens with zero attached hydrogens (tertiary/aromatic N) is 3. The van der Waals surface area contributed by atoms with Gasteiger partial charge < -0.3 is 14.1 Å². The van der Waals surface area contributed by atoms with Crippen molar-refractivity contribution in [3.05, 3.63) is 54.1 Å². The molecular formula is C17H15N3O3. The zero-order chi connectivity index (χ0) is 16.1. The van der Waals surface area contributed by atoms with E-state index in [1.54, 1.807) is 41.5 Å². The maximum Gasteiger partial charge on any atom is 0.246 e. The van der Waals surface area contributed by atoms with Crippen LogP contribution in [0.3, 0.4) is 0 Å². The standard InChI is InChI=1S/C17H15N3O3/c18-10-13-3-5-16(19-11-13)23-15-7-8-20(12-15)17(21)6-4-14-2-1-9-22-14/h1-6,9,11,15H,7-8,12H2/b6-4+. The van der Waals surface area contributed by atoms with E-state index in [1.807, 2.05) is 6.07 Å². The first-order chi connectivity index (χ1) is 11.2. The van der Waals surface area contributed by atoms with E-state index in [9.17, 15) is 4.79 Å². The molecule has 0 aliphatic carbocycles. The number of ether oxygens (including phenoxy) is 1. The molecule has 3 heterocycles. The molecule has 0 spiro atoms. The zero-order valence-electron chi connectivity index (χ0n) is 12.4. The van der Waals surface area contributed by atoms with Crippen LogP contribution >= 0.6 is 0 Å². The summed E-state index contributed by atoms with van der Waals surface area (Å²) in [4.78, 5) is 17.9. The fourth-order valence-electron chi connectivity index (χ4n) is 2.36. The Morgan fingerprint density at radius 2 is 2.39 bits per heavy atom. The number of hydrogen-bond acceptors (Lipinski definition) is 5. The second-order valence-corrected chi connectivity index (χ2v) is 5.16. The van der Waals surface area contributed by atoms with Gasteiger partial charge in [-0.25, -0.2) is 4.98 Å². The number of rotatable bonds is 4. The first kappa shape index (κ1) is 14.9. The van der Waals surface area contributed by atoms with Gasteiger partial charge in [0.15, 0.2) is 0 Å². The average molecular weight is 309 g/mol. The number of pyridine rings is 1. The van der Waals surface area contributed by atoms with Crippen molar-refractivity contribution in [2.24, 2.45) is 0 Å². The fourth-order valence-corrected chi connectivity index (χ4v) is 2.36. The van der Waals surface area contributed by atoms with E-state index in [2.05, 4.69) is 4.98 Å². The van der Waals surface area contributed by atoms with Crippen LogP contribution in [0.1, 0.15) is 17.7 Å². The largest absolute Gasteiger partial charge is 0.472 e. The highest BCUT2D eigenvalue weighted by atomic mass is 16.5. The van der Waals surface area contributed by atoms with Gasteiger partial charge in [-0.2, -0.15) is 5.26 Å². The summed E-state index contributed by atoms with van der Waals surface area (Å²) in [6.45, 7) is 1.16. The van der Waals surface area contributed by atoms with E-state index >= 15 is 0 Å². The predicted molar refractivity (Wildman–Crippen MR) is 82.3 cm³/mol. The highest BCUT2D eigenvalue weighted by molar-refractivity contribution is 5.91. The molecule has 1 amide bonds. The lowest BCUT2D eigenvalue weighted by Gasteiger charge is -2.15. The number of carbonyl (C=O) groups excluding carboxylic acids is 1. The number of likely N-dealkylation sites (tertiary alicyclic amines) is 1. The van der Waals surface area contributed by atoms with Crippen LogP contribution in [0.15, 0.2) is 47.2 Å². The molecule has 3 rings (SSSR count).